The van der Waals surface area contributed by atoms with Crippen LogP contribution in [0.2, 0.25) is 0 Å². The summed E-state index contributed by atoms with van der Waals surface area (Å²) in [5.41, 5.74) is 6.04. The van der Waals surface area contributed by atoms with Gasteiger partial charge < -0.3 is 9.72 Å². The Bertz CT molecular complexity index is 1240. The van der Waals surface area contributed by atoms with Gasteiger partial charge in [-0.25, -0.2) is 4.98 Å². The quantitative estimate of drug-likeness (QED) is 0.545. The van der Waals surface area contributed by atoms with Gasteiger partial charge in [-0.3, -0.25) is 14.4 Å². The molecular weight excluding hydrogens is 378 g/mol. The number of carbonyl (C=O) groups is 1. The molecule has 0 bridgehead atoms. The van der Waals surface area contributed by atoms with Crippen LogP contribution in [-0.4, -0.2) is 32.3 Å². The van der Waals surface area contributed by atoms with E-state index in [2.05, 4.69) is 22.0 Å². The smallest absolute Gasteiger partial charge is 0.277 e. The molecule has 0 spiro atoms. The monoisotopic (exact) mass is 401 g/mol. The minimum Gasteiger partial charge on any atom is -0.494 e. The first-order valence-electron chi connectivity index (χ1n) is 10.1. The fraction of sp³-hybridized carbons (Fsp3) is 0.261. The van der Waals surface area contributed by atoms with Crippen LogP contribution in [0.5, 0.6) is 5.75 Å². The number of aromatic nitrogens is 4. The summed E-state index contributed by atoms with van der Waals surface area (Å²) >= 11 is 0. The molecule has 7 heteroatoms. The van der Waals surface area contributed by atoms with Gasteiger partial charge in [0.05, 0.1) is 35.7 Å². The number of nitrogens with one attached hydrogen (secondary N) is 1. The Morgan fingerprint density at radius 2 is 1.97 bits per heavy atom. The van der Waals surface area contributed by atoms with Gasteiger partial charge in [-0.1, -0.05) is 19.1 Å². The second kappa shape index (κ2) is 7.02. The number of amides is 1. The maximum atomic E-state index is 13.5. The molecule has 1 N–H and O–H groups in total. The lowest BCUT2D eigenvalue weighted by molar-refractivity contribution is 0.0985. The van der Waals surface area contributed by atoms with Crippen molar-refractivity contribution in [1.29, 1.82) is 0 Å². The van der Waals surface area contributed by atoms with E-state index < -0.39 is 0 Å². The maximum Gasteiger partial charge on any atom is 0.277 e. The third kappa shape index (κ3) is 2.77. The molecule has 0 radical (unpaired) electrons. The standard InChI is InChI=1S/C23H23N5O2/c1-4-11-30-17-8-5-15(6-9-17)21-20-14(2)26-27(3)22(20)23(29)28(21)16-7-10-18-19(12-16)25-13-24-18/h5-10,12-13,21H,4,11H2,1-3H3,(H,24,25). The van der Waals surface area contributed by atoms with Crippen LogP contribution in [0.3, 0.4) is 0 Å². The number of carbonyl (C=O) groups excluding carboxylic acids is 1. The van der Waals surface area contributed by atoms with Crippen molar-refractivity contribution in [3.8, 4) is 5.75 Å². The molecule has 1 aliphatic rings. The second-order valence-corrected chi connectivity index (χ2v) is 7.57. The van der Waals surface area contributed by atoms with Crippen LogP contribution in [0.25, 0.3) is 11.0 Å². The van der Waals surface area contributed by atoms with Crippen LogP contribution in [0.15, 0.2) is 48.8 Å². The van der Waals surface area contributed by atoms with E-state index >= 15 is 0 Å². The molecule has 2 aromatic carbocycles. The van der Waals surface area contributed by atoms with Gasteiger partial charge in [0.1, 0.15) is 11.4 Å². The summed E-state index contributed by atoms with van der Waals surface area (Å²) in [5, 5.41) is 4.51. The van der Waals surface area contributed by atoms with Crippen molar-refractivity contribution in [3.63, 3.8) is 0 Å². The Morgan fingerprint density at radius 3 is 2.73 bits per heavy atom. The Morgan fingerprint density at radius 1 is 1.17 bits per heavy atom. The number of ether oxygens (including phenoxy) is 1. The number of rotatable bonds is 5. The van der Waals surface area contributed by atoms with Crippen molar-refractivity contribution in [2.75, 3.05) is 11.5 Å². The van der Waals surface area contributed by atoms with Crippen molar-refractivity contribution in [3.05, 3.63) is 71.3 Å². The number of imidazole rings is 1. The van der Waals surface area contributed by atoms with E-state index in [-0.39, 0.29) is 11.9 Å². The van der Waals surface area contributed by atoms with Gasteiger partial charge in [-0.05, 0) is 49.2 Å². The van der Waals surface area contributed by atoms with E-state index in [0.29, 0.717) is 12.3 Å². The van der Waals surface area contributed by atoms with E-state index in [1.807, 2.05) is 61.3 Å². The molecule has 30 heavy (non-hydrogen) atoms. The lowest BCUT2D eigenvalue weighted by Crippen LogP contribution is -2.30. The van der Waals surface area contributed by atoms with Crippen molar-refractivity contribution in [2.24, 2.45) is 7.05 Å². The van der Waals surface area contributed by atoms with Crippen molar-refractivity contribution >= 4 is 22.6 Å². The molecule has 5 rings (SSSR count). The fourth-order valence-electron chi connectivity index (χ4n) is 4.23. The average Bonchev–Trinajstić information content (AvgIpc) is 3.41. The summed E-state index contributed by atoms with van der Waals surface area (Å²) in [5.74, 6) is 0.775. The third-order valence-electron chi connectivity index (χ3n) is 5.57. The second-order valence-electron chi connectivity index (χ2n) is 7.57. The largest absolute Gasteiger partial charge is 0.494 e. The molecule has 1 amide bonds. The number of benzene rings is 2. The summed E-state index contributed by atoms with van der Waals surface area (Å²) in [6.07, 6.45) is 2.62. The van der Waals surface area contributed by atoms with Crippen LogP contribution in [-0.2, 0) is 7.05 Å². The lowest BCUT2D eigenvalue weighted by atomic mass is 9.98. The first-order valence-corrected chi connectivity index (χ1v) is 10.1. The Labute approximate surface area is 174 Å². The molecule has 152 valence electrons. The highest BCUT2D eigenvalue weighted by Gasteiger charge is 2.43. The highest BCUT2D eigenvalue weighted by Crippen LogP contribution is 2.43. The zero-order chi connectivity index (χ0) is 20.8. The first kappa shape index (κ1) is 18.4. The molecule has 1 aliphatic heterocycles. The number of anilines is 1. The summed E-state index contributed by atoms with van der Waals surface area (Å²) in [7, 11) is 1.82. The van der Waals surface area contributed by atoms with Gasteiger partial charge in [0.25, 0.3) is 5.91 Å². The van der Waals surface area contributed by atoms with E-state index in [1.54, 1.807) is 11.0 Å². The van der Waals surface area contributed by atoms with Gasteiger partial charge >= 0.3 is 0 Å². The third-order valence-corrected chi connectivity index (χ3v) is 5.57. The Kier molecular flexibility index (Phi) is 4.31. The van der Waals surface area contributed by atoms with E-state index in [1.165, 1.54) is 0 Å². The number of aryl methyl sites for hydroxylation is 2. The number of hydrogen-bond acceptors (Lipinski definition) is 4. The van der Waals surface area contributed by atoms with Crippen LogP contribution < -0.4 is 9.64 Å². The zero-order valence-corrected chi connectivity index (χ0v) is 17.2. The maximum absolute atomic E-state index is 13.5. The highest BCUT2D eigenvalue weighted by atomic mass is 16.5. The van der Waals surface area contributed by atoms with E-state index in [9.17, 15) is 4.79 Å². The number of fused-ring (bicyclic) bond motifs is 2. The van der Waals surface area contributed by atoms with Crippen molar-refractivity contribution in [1.82, 2.24) is 19.7 Å². The molecule has 1 atom stereocenters. The topological polar surface area (TPSA) is 76.0 Å². The van der Waals surface area contributed by atoms with E-state index in [0.717, 1.165) is 45.7 Å². The Hall–Kier alpha value is -3.61. The number of nitrogens with zero attached hydrogens (tertiary/aromatic N) is 4. The molecule has 0 aliphatic carbocycles. The molecule has 4 aromatic rings. The van der Waals surface area contributed by atoms with Crippen LogP contribution in [0.1, 0.15) is 46.7 Å². The SMILES string of the molecule is CCCOc1ccc(C2c3c(C)nn(C)c3C(=O)N2c2ccc3[nH]cnc3c2)cc1. The molecule has 1 unspecified atom stereocenters. The van der Waals surface area contributed by atoms with Crippen LogP contribution in [0, 0.1) is 6.92 Å². The molecule has 3 heterocycles. The van der Waals surface area contributed by atoms with Gasteiger partial charge in [-0.15, -0.1) is 0 Å². The van der Waals surface area contributed by atoms with Gasteiger partial charge in [0, 0.05) is 18.3 Å². The summed E-state index contributed by atoms with van der Waals surface area (Å²) < 4.78 is 7.42. The number of H-pyrrole nitrogens is 1. The minimum atomic E-state index is -0.252. The van der Waals surface area contributed by atoms with Crippen molar-refractivity contribution < 1.29 is 9.53 Å². The van der Waals surface area contributed by atoms with Crippen LogP contribution >= 0.6 is 0 Å². The average molecular weight is 401 g/mol. The summed E-state index contributed by atoms with van der Waals surface area (Å²) in [4.78, 5) is 22.8. The lowest BCUT2D eigenvalue weighted by Gasteiger charge is -2.26. The molecule has 2 aromatic heterocycles. The predicted octanol–water partition coefficient (Wildman–Crippen LogP) is 4.14. The van der Waals surface area contributed by atoms with Gasteiger partial charge in [0.15, 0.2) is 0 Å². The summed E-state index contributed by atoms with van der Waals surface area (Å²) in [6, 6.07) is 13.6. The predicted molar refractivity (Wildman–Crippen MR) is 115 cm³/mol. The van der Waals surface area contributed by atoms with Crippen LogP contribution in [0.4, 0.5) is 5.69 Å². The molecule has 7 nitrogen and oxygen atoms in total. The highest BCUT2D eigenvalue weighted by molar-refractivity contribution is 6.11. The Balaban J connectivity index is 1.63. The molecule has 0 fully saturated rings. The number of hydrogen-bond donors (Lipinski definition) is 1. The molecule has 0 saturated carbocycles. The zero-order valence-electron chi connectivity index (χ0n) is 17.2. The van der Waals surface area contributed by atoms with Crippen molar-refractivity contribution in [2.45, 2.75) is 26.3 Å². The number of aromatic amines is 1. The summed E-state index contributed by atoms with van der Waals surface area (Å²) in [6.45, 7) is 4.72. The first-order chi connectivity index (χ1) is 14.6. The van der Waals surface area contributed by atoms with Gasteiger partial charge in [-0.2, -0.15) is 5.10 Å². The molecular formula is C23H23N5O2. The van der Waals surface area contributed by atoms with E-state index in [4.69, 9.17) is 4.74 Å². The van der Waals surface area contributed by atoms with Gasteiger partial charge in [0.2, 0.25) is 0 Å². The fourth-order valence-corrected chi connectivity index (χ4v) is 4.23. The molecule has 0 saturated heterocycles. The normalized spacial score (nSPS) is 15.8. The minimum absolute atomic E-state index is 0.0562.